The summed E-state index contributed by atoms with van der Waals surface area (Å²) < 4.78 is 0. The van der Waals surface area contributed by atoms with Crippen LogP contribution < -0.4 is 4.90 Å². The van der Waals surface area contributed by atoms with E-state index in [0.717, 1.165) is 25.5 Å². The lowest BCUT2D eigenvalue weighted by atomic mass is 10.2. The van der Waals surface area contributed by atoms with Crippen molar-refractivity contribution in [3.63, 3.8) is 0 Å². The Morgan fingerprint density at radius 3 is 2.87 bits per heavy atom. The lowest BCUT2D eigenvalue weighted by molar-refractivity contribution is 0.274. The predicted octanol–water partition coefficient (Wildman–Crippen LogP) is 1.27. The second-order valence-electron chi connectivity index (χ2n) is 4.00. The molecule has 2 heterocycles. The Labute approximate surface area is 94.9 Å². The monoisotopic (exact) mass is 226 g/mol. The Bertz CT molecular complexity index is 344. The van der Waals surface area contributed by atoms with E-state index in [0.29, 0.717) is 11.2 Å². The van der Waals surface area contributed by atoms with Crippen molar-refractivity contribution >= 4 is 17.4 Å². The van der Waals surface area contributed by atoms with Crippen molar-refractivity contribution in [2.75, 3.05) is 31.6 Å². The molecule has 5 heteroatoms. The molecular weight excluding hydrogens is 212 g/mol. The molecule has 1 aromatic rings. The van der Waals surface area contributed by atoms with Gasteiger partial charge in [0.25, 0.3) is 0 Å². The van der Waals surface area contributed by atoms with E-state index >= 15 is 0 Å². The van der Waals surface area contributed by atoms with Crippen LogP contribution in [0.5, 0.6) is 0 Å². The fourth-order valence-corrected chi connectivity index (χ4v) is 2.10. The summed E-state index contributed by atoms with van der Waals surface area (Å²) in [5, 5.41) is 0.506. The Morgan fingerprint density at radius 1 is 1.40 bits per heavy atom. The molecule has 0 aliphatic carbocycles. The van der Waals surface area contributed by atoms with Crippen molar-refractivity contribution in [2.45, 2.75) is 13.0 Å². The average molecular weight is 227 g/mol. The zero-order chi connectivity index (χ0) is 10.8. The van der Waals surface area contributed by atoms with Crippen LogP contribution in [0.1, 0.15) is 6.92 Å². The van der Waals surface area contributed by atoms with Crippen LogP contribution in [-0.2, 0) is 0 Å². The highest BCUT2D eigenvalue weighted by atomic mass is 35.5. The SMILES string of the molecule is CC1CN(C)CCN1c1cc(Cl)ncn1. The van der Waals surface area contributed by atoms with E-state index in [4.69, 9.17) is 11.6 Å². The van der Waals surface area contributed by atoms with Gasteiger partial charge in [0.1, 0.15) is 17.3 Å². The number of piperazine rings is 1. The van der Waals surface area contributed by atoms with Crippen LogP contribution in [0.4, 0.5) is 5.82 Å². The zero-order valence-corrected chi connectivity index (χ0v) is 9.78. The fourth-order valence-electron chi connectivity index (χ4n) is 1.96. The van der Waals surface area contributed by atoms with Gasteiger partial charge >= 0.3 is 0 Å². The van der Waals surface area contributed by atoms with Crippen molar-refractivity contribution in [3.05, 3.63) is 17.5 Å². The van der Waals surface area contributed by atoms with Crippen molar-refractivity contribution in [1.82, 2.24) is 14.9 Å². The second kappa shape index (κ2) is 4.33. The Kier molecular flexibility index (Phi) is 3.07. The van der Waals surface area contributed by atoms with Crippen LogP contribution in [-0.4, -0.2) is 47.6 Å². The molecule has 1 saturated heterocycles. The molecule has 0 amide bonds. The largest absolute Gasteiger partial charge is 0.351 e. The summed E-state index contributed by atoms with van der Waals surface area (Å²) in [5.41, 5.74) is 0. The Hall–Kier alpha value is -0.870. The molecule has 4 nitrogen and oxygen atoms in total. The predicted molar refractivity (Wildman–Crippen MR) is 61.3 cm³/mol. The van der Waals surface area contributed by atoms with Crippen LogP contribution >= 0.6 is 11.6 Å². The van der Waals surface area contributed by atoms with Gasteiger partial charge in [-0.3, -0.25) is 0 Å². The van der Waals surface area contributed by atoms with Crippen molar-refractivity contribution < 1.29 is 0 Å². The fraction of sp³-hybridized carbons (Fsp3) is 0.600. The molecule has 2 rings (SSSR count). The highest BCUT2D eigenvalue weighted by Gasteiger charge is 2.22. The molecule has 15 heavy (non-hydrogen) atoms. The highest BCUT2D eigenvalue weighted by Crippen LogP contribution is 2.19. The summed E-state index contributed by atoms with van der Waals surface area (Å²) in [6.45, 7) is 5.31. The molecular formula is C10H15ClN4. The van der Waals surface area contributed by atoms with Crippen LogP contribution in [0.25, 0.3) is 0 Å². The number of aromatic nitrogens is 2. The molecule has 0 bridgehead atoms. The molecule has 0 N–H and O–H groups in total. The van der Waals surface area contributed by atoms with E-state index in [9.17, 15) is 0 Å². The maximum Gasteiger partial charge on any atom is 0.134 e. The number of hydrogen-bond acceptors (Lipinski definition) is 4. The third kappa shape index (κ3) is 2.38. The molecule has 1 aliphatic heterocycles. The van der Waals surface area contributed by atoms with Gasteiger partial charge in [-0.1, -0.05) is 11.6 Å². The third-order valence-electron chi connectivity index (χ3n) is 2.74. The molecule has 1 aromatic heterocycles. The molecule has 1 aliphatic rings. The summed E-state index contributed by atoms with van der Waals surface area (Å²) in [7, 11) is 2.14. The number of nitrogens with zero attached hydrogens (tertiary/aromatic N) is 4. The number of likely N-dealkylation sites (N-methyl/N-ethyl adjacent to an activating group) is 1. The summed E-state index contributed by atoms with van der Waals surface area (Å²) >= 11 is 5.85. The van der Waals surface area contributed by atoms with E-state index in [1.54, 1.807) is 0 Å². The molecule has 0 saturated carbocycles. The molecule has 0 radical (unpaired) electrons. The first-order valence-corrected chi connectivity index (χ1v) is 5.47. The van der Waals surface area contributed by atoms with Crippen LogP contribution in [0, 0.1) is 0 Å². The normalized spacial score (nSPS) is 23.1. The molecule has 1 atom stereocenters. The lowest BCUT2D eigenvalue weighted by Gasteiger charge is -2.38. The van der Waals surface area contributed by atoms with Gasteiger partial charge in [0.15, 0.2) is 0 Å². The van der Waals surface area contributed by atoms with Gasteiger partial charge in [-0.15, -0.1) is 0 Å². The van der Waals surface area contributed by atoms with Gasteiger partial charge in [-0.25, -0.2) is 9.97 Å². The first-order valence-electron chi connectivity index (χ1n) is 5.09. The summed E-state index contributed by atoms with van der Waals surface area (Å²) in [4.78, 5) is 12.7. The second-order valence-corrected chi connectivity index (χ2v) is 4.39. The van der Waals surface area contributed by atoms with Crippen LogP contribution in [0.15, 0.2) is 12.4 Å². The quantitative estimate of drug-likeness (QED) is 0.676. The Balaban J connectivity index is 2.17. The van der Waals surface area contributed by atoms with Crippen LogP contribution in [0.3, 0.4) is 0 Å². The minimum atomic E-state index is 0.467. The van der Waals surface area contributed by atoms with E-state index in [2.05, 4.69) is 33.7 Å². The third-order valence-corrected chi connectivity index (χ3v) is 2.95. The number of rotatable bonds is 1. The van der Waals surface area contributed by atoms with Crippen molar-refractivity contribution in [1.29, 1.82) is 0 Å². The zero-order valence-electron chi connectivity index (χ0n) is 9.02. The number of hydrogen-bond donors (Lipinski definition) is 0. The number of anilines is 1. The lowest BCUT2D eigenvalue weighted by Crippen LogP contribution is -2.50. The average Bonchev–Trinajstić information content (AvgIpc) is 2.17. The first kappa shape index (κ1) is 10.6. The Morgan fingerprint density at radius 2 is 2.20 bits per heavy atom. The molecule has 1 unspecified atom stereocenters. The van der Waals surface area contributed by atoms with Crippen LogP contribution in [0.2, 0.25) is 5.15 Å². The van der Waals surface area contributed by atoms with Gasteiger partial charge in [0, 0.05) is 31.7 Å². The standard InChI is InChI=1S/C10H15ClN4/c1-8-6-14(2)3-4-15(8)10-5-9(11)12-7-13-10/h5,7-8H,3-4,6H2,1-2H3. The van der Waals surface area contributed by atoms with Crippen molar-refractivity contribution in [2.24, 2.45) is 0 Å². The smallest absolute Gasteiger partial charge is 0.134 e. The minimum absolute atomic E-state index is 0.467. The summed E-state index contributed by atoms with van der Waals surface area (Å²) in [6.07, 6.45) is 1.52. The molecule has 0 spiro atoms. The van der Waals surface area contributed by atoms with Gasteiger partial charge in [-0.2, -0.15) is 0 Å². The van der Waals surface area contributed by atoms with Crippen molar-refractivity contribution in [3.8, 4) is 0 Å². The van der Waals surface area contributed by atoms with E-state index in [1.165, 1.54) is 6.33 Å². The summed E-state index contributed by atoms with van der Waals surface area (Å²) in [5.74, 6) is 0.926. The van der Waals surface area contributed by atoms with Gasteiger partial charge < -0.3 is 9.80 Å². The molecule has 1 fully saturated rings. The molecule has 0 aromatic carbocycles. The van der Waals surface area contributed by atoms with Gasteiger partial charge in [0.2, 0.25) is 0 Å². The summed E-state index contributed by atoms with van der Waals surface area (Å²) in [6, 6.07) is 2.29. The topological polar surface area (TPSA) is 32.3 Å². The molecule has 82 valence electrons. The maximum absolute atomic E-state index is 5.85. The first-order chi connectivity index (χ1) is 7.16. The van der Waals surface area contributed by atoms with Gasteiger partial charge in [0.05, 0.1) is 0 Å². The van der Waals surface area contributed by atoms with E-state index in [-0.39, 0.29) is 0 Å². The van der Waals surface area contributed by atoms with Gasteiger partial charge in [-0.05, 0) is 14.0 Å². The minimum Gasteiger partial charge on any atom is -0.351 e. The van der Waals surface area contributed by atoms with E-state index < -0.39 is 0 Å². The maximum atomic E-state index is 5.85. The number of halogens is 1. The van der Waals surface area contributed by atoms with E-state index in [1.807, 2.05) is 6.07 Å². The highest BCUT2D eigenvalue weighted by molar-refractivity contribution is 6.29.